The van der Waals surface area contributed by atoms with Crippen LogP contribution < -0.4 is 0 Å². The van der Waals surface area contributed by atoms with E-state index in [1.54, 1.807) is 12.4 Å². The van der Waals surface area contributed by atoms with E-state index in [4.69, 9.17) is 0 Å². The van der Waals surface area contributed by atoms with Crippen LogP contribution >= 0.6 is 0 Å². The number of nitrogens with zero attached hydrogens (tertiary/aromatic N) is 3. The molecule has 0 saturated heterocycles. The minimum absolute atomic E-state index is 0.527. The van der Waals surface area contributed by atoms with Gasteiger partial charge in [0.2, 0.25) is 0 Å². The molecule has 0 aliphatic heterocycles. The van der Waals surface area contributed by atoms with Crippen molar-refractivity contribution in [3.05, 3.63) is 60.0 Å². The predicted octanol–water partition coefficient (Wildman–Crippen LogP) is 2.57. The van der Waals surface area contributed by atoms with Crippen LogP contribution in [0, 0.1) is 0 Å². The molecule has 0 amide bonds. The third-order valence-corrected chi connectivity index (χ3v) is 3.53. The number of aliphatic hydroxyl groups excluding tert-OH is 1. The van der Waals surface area contributed by atoms with Crippen molar-refractivity contribution in [2.24, 2.45) is 0 Å². The Kier molecular flexibility index (Phi) is 3.83. The van der Waals surface area contributed by atoms with Crippen LogP contribution in [0.25, 0.3) is 11.3 Å². The van der Waals surface area contributed by atoms with Crippen molar-refractivity contribution in [1.29, 1.82) is 0 Å². The zero-order valence-corrected chi connectivity index (χ0v) is 11.9. The lowest BCUT2D eigenvalue weighted by Crippen LogP contribution is -2.02. The smallest absolute Gasteiger partial charge is 0.0868 e. The number of rotatable bonds is 5. The molecule has 0 saturated carbocycles. The number of benzene rings is 1. The van der Waals surface area contributed by atoms with Gasteiger partial charge >= 0.3 is 0 Å². The summed E-state index contributed by atoms with van der Waals surface area (Å²) in [6.07, 6.45) is 5.38. The van der Waals surface area contributed by atoms with E-state index in [0.29, 0.717) is 6.42 Å². The molecule has 0 bridgehead atoms. The second-order valence-electron chi connectivity index (χ2n) is 4.99. The molecule has 5 heteroatoms. The maximum absolute atomic E-state index is 10.5. The molecule has 0 radical (unpaired) electrons. The average molecular weight is 282 g/mol. The Hall–Kier alpha value is -2.40. The molecular formula is C16H18N4O. The quantitative estimate of drug-likeness (QED) is 0.756. The van der Waals surface area contributed by atoms with Crippen molar-refractivity contribution < 1.29 is 5.11 Å². The third kappa shape index (κ3) is 2.87. The van der Waals surface area contributed by atoms with E-state index in [1.807, 2.05) is 48.1 Å². The molecule has 2 heterocycles. The van der Waals surface area contributed by atoms with Gasteiger partial charge in [-0.25, -0.2) is 0 Å². The van der Waals surface area contributed by atoms with Crippen molar-refractivity contribution in [3.8, 4) is 11.3 Å². The van der Waals surface area contributed by atoms with Crippen LogP contribution in [0.4, 0.5) is 0 Å². The Morgan fingerprint density at radius 2 is 2.05 bits per heavy atom. The van der Waals surface area contributed by atoms with Crippen molar-refractivity contribution in [1.82, 2.24) is 20.0 Å². The number of hydrogen-bond acceptors (Lipinski definition) is 3. The minimum Gasteiger partial charge on any atom is -0.388 e. The number of aryl methyl sites for hydroxylation is 1. The Bertz CT molecular complexity index is 702. The van der Waals surface area contributed by atoms with Gasteiger partial charge in [-0.15, -0.1) is 0 Å². The molecule has 2 N–H and O–H groups in total. The summed E-state index contributed by atoms with van der Waals surface area (Å²) in [4.78, 5) is 0. The molecule has 0 fully saturated rings. The van der Waals surface area contributed by atoms with Gasteiger partial charge in [-0.3, -0.25) is 9.78 Å². The highest BCUT2D eigenvalue weighted by Crippen LogP contribution is 2.27. The topological polar surface area (TPSA) is 66.7 Å². The van der Waals surface area contributed by atoms with E-state index in [-0.39, 0.29) is 0 Å². The van der Waals surface area contributed by atoms with Gasteiger partial charge in [0.15, 0.2) is 0 Å². The van der Waals surface area contributed by atoms with Gasteiger partial charge in [-0.1, -0.05) is 30.3 Å². The highest BCUT2D eigenvalue weighted by atomic mass is 16.3. The van der Waals surface area contributed by atoms with Gasteiger partial charge in [-0.2, -0.15) is 10.2 Å². The van der Waals surface area contributed by atoms with E-state index >= 15 is 0 Å². The lowest BCUT2D eigenvalue weighted by Gasteiger charge is -2.10. The van der Waals surface area contributed by atoms with Crippen LogP contribution in [0.2, 0.25) is 0 Å². The van der Waals surface area contributed by atoms with Crippen molar-refractivity contribution in [2.75, 3.05) is 0 Å². The molecule has 21 heavy (non-hydrogen) atoms. The standard InChI is InChI=1S/C16H18N4O/c1-2-20-11-12(9-18-20)8-15(21)14-10-17-19-16(14)13-6-4-3-5-7-13/h3-7,9-11,15,21H,2,8H2,1H3,(H,17,19). The summed E-state index contributed by atoms with van der Waals surface area (Å²) in [5, 5.41) is 21.8. The third-order valence-electron chi connectivity index (χ3n) is 3.53. The molecule has 0 aliphatic carbocycles. The second kappa shape index (κ2) is 5.93. The first-order valence-corrected chi connectivity index (χ1v) is 7.06. The fourth-order valence-corrected chi connectivity index (χ4v) is 2.40. The number of aromatic nitrogens is 4. The first kappa shape index (κ1) is 13.6. The first-order valence-electron chi connectivity index (χ1n) is 7.06. The normalized spacial score (nSPS) is 12.5. The van der Waals surface area contributed by atoms with Crippen LogP contribution in [0.1, 0.15) is 24.2 Å². The van der Waals surface area contributed by atoms with Crippen LogP contribution in [-0.2, 0) is 13.0 Å². The molecule has 1 aromatic carbocycles. The second-order valence-corrected chi connectivity index (χ2v) is 4.99. The van der Waals surface area contributed by atoms with Crippen molar-refractivity contribution in [3.63, 3.8) is 0 Å². The maximum atomic E-state index is 10.5. The number of aromatic amines is 1. The molecule has 2 aromatic heterocycles. The Morgan fingerprint density at radius 1 is 1.24 bits per heavy atom. The maximum Gasteiger partial charge on any atom is 0.0868 e. The number of hydrogen-bond donors (Lipinski definition) is 2. The molecule has 5 nitrogen and oxygen atoms in total. The molecule has 108 valence electrons. The summed E-state index contributed by atoms with van der Waals surface area (Å²) in [6.45, 7) is 2.87. The van der Waals surface area contributed by atoms with E-state index in [2.05, 4.69) is 15.3 Å². The summed E-state index contributed by atoms with van der Waals surface area (Å²) in [6, 6.07) is 9.90. The fourth-order valence-electron chi connectivity index (χ4n) is 2.40. The summed E-state index contributed by atoms with van der Waals surface area (Å²) in [5.41, 5.74) is 3.72. The van der Waals surface area contributed by atoms with E-state index in [0.717, 1.165) is 28.9 Å². The molecule has 1 unspecified atom stereocenters. The molecule has 0 aliphatic rings. The van der Waals surface area contributed by atoms with Crippen LogP contribution in [-0.4, -0.2) is 25.1 Å². The molecule has 1 atom stereocenters. The van der Waals surface area contributed by atoms with Gasteiger partial charge in [-0.05, 0) is 18.1 Å². The van der Waals surface area contributed by atoms with Crippen LogP contribution in [0.5, 0.6) is 0 Å². The van der Waals surface area contributed by atoms with Gasteiger partial charge in [0, 0.05) is 24.7 Å². The van der Waals surface area contributed by atoms with Gasteiger partial charge in [0.1, 0.15) is 0 Å². The number of H-pyrrole nitrogens is 1. The van der Waals surface area contributed by atoms with E-state index in [1.165, 1.54) is 0 Å². The Morgan fingerprint density at radius 3 is 2.76 bits per heavy atom. The lowest BCUT2D eigenvalue weighted by molar-refractivity contribution is 0.179. The predicted molar refractivity (Wildman–Crippen MR) is 80.6 cm³/mol. The summed E-state index contributed by atoms with van der Waals surface area (Å²) >= 11 is 0. The highest BCUT2D eigenvalue weighted by molar-refractivity contribution is 5.62. The van der Waals surface area contributed by atoms with Gasteiger partial charge in [0.05, 0.1) is 24.2 Å². The molecule has 3 aromatic rings. The number of nitrogens with one attached hydrogen (secondary N) is 1. The molecular weight excluding hydrogens is 264 g/mol. The van der Waals surface area contributed by atoms with E-state index < -0.39 is 6.10 Å². The lowest BCUT2D eigenvalue weighted by atomic mass is 10.0. The average Bonchev–Trinajstić information content (AvgIpc) is 3.17. The van der Waals surface area contributed by atoms with Crippen molar-refractivity contribution in [2.45, 2.75) is 26.0 Å². The Balaban J connectivity index is 1.82. The Labute approximate surface area is 123 Å². The number of aliphatic hydroxyl groups is 1. The van der Waals surface area contributed by atoms with Gasteiger partial charge in [0.25, 0.3) is 0 Å². The summed E-state index contributed by atoms with van der Waals surface area (Å²) in [7, 11) is 0. The largest absolute Gasteiger partial charge is 0.388 e. The van der Waals surface area contributed by atoms with Crippen LogP contribution in [0.15, 0.2) is 48.9 Å². The van der Waals surface area contributed by atoms with E-state index in [9.17, 15) is 5.11 Å². The summed E-state index contributed by atoms with van der Waals surface area (Å²) < 4.78 is 1.86. The first-order chi connectivity index (χ1) is 10.3. The zero-order chi connectivity index (χ0) is 14.7. The fraction of sp³-hybridized carbons (Fsp3) is 0.250. The summed E-state index contributed by atoms with van der Waals surface area (Å²) in [5.74, 6) is 0. The molecule has 3 rings (SSSR count). The van der Waals surface area contributed by atoms with Crippen LogP contribution in [0.3, 0.4) is 0 Å². The highest BCUT2D eigenvalue weighted by Gasteiger charge is 2.17. The molecule has 0 spiro atoms. The SMILES string of the molecule is CCn1cc(CC(O)c2cn[nH]c2-c2ccccc2)cn1. The van der Waals surface area contributed by atoms with Gasteiger partial charge < -0.3 is 5.11 Å². The van der Waals surface area contributed by atoms with Crippen molar-refractivity contribution >= 4 is 0 Å². The minimum atomic E-state index is -0.603. The monoisotopic (exact) mass is 282 g/mol. The zero-order valence-electron chi connectivity index (χ0n) is 11.9.